The number of hydrogen-bond donors (Lipinski definition) is 0. The topological polar surface area (TPSA) is 59.3 Å². The van der Waals surface area contributed by atoms with Gasteiger partial charge in [-0.3, -0.25) is 4.79 Å². The van der Waals surface area contributed by atoms with Crippen molar-refractivity contribution in [3.8, 4) is 11.8 Å². The van der Waals surface area contributed by atoms with E-state index < -0.39 is 0 Å². The Morgan fingerprint density at radius 3 is 2.76 bits per heavy atom. The molecular formula is C12H12BrNO3. The minimum atomic E-state index is -0.340. The monoisotopic (exact) mass is 297 g/mol. The average molecular weight is 298 g/mol. The van der Waals surface area contributed by atoms with Gasteiger partial charge in [-0.1, -0.05) is 15.9 Å². The van der Waals surface area contributed by atoms with Crippen LogP contribution in [-0.2, 0) is 16.0 Å². The first-order valence-corrected chi connectivity index (χ1v) is 5.83. The van der Waals surface area contributed by atoms with E-state index >= 15 is 0 Å². The number of halogens is 1. The van der Waals surface area contributed by atoms with E-state index in [0.29, 0.717) is 23.5 Å². The highest BCUT2D eigenvalue weighted by atomic mass is 79.9. The molecule has 1 rings (SSSR count). The van der Waals surface area contributed by atoms with E-state index in [2.05, 4.69) is 15.9 Å². The SMILES string of the molecule is CCOC(=O)Cc1cc(Br)cc(C#N)c1OC. The predicted octanol–water partition coefficient (Wildman–Crippen LogP) is 2.43. The fourth-order valence-corrected chi connectivity index (χ4v) is 1.98. The first-order chi connectivity index (χ1) is 8.12. The van der Waals surface area contributed by atoms with Crippen LogP contribution in [0.2, 0.25) is 0 Å². The van der Waals surface area contributed by atoms with E-state index in [4.69, 9.17) is 14.7 Å². The molecule has 1 aromatic rings. The highest BCUT2D eigenvalue weighted by Gasteiger charge is 2.14. The van der Waals surface area contributed by atoms with Crippen LogP contribution in [0.1, 0.15) is 18.1 Å². The molecule has 0 atom stereocenters. The second-order valence-corrected chi connectivity index (χ2v) is 4.15. The summed E-state index contributed by atoms with van der Waals surface area (Å²) >= 11 is 3.29. The molecule has 0 fully saturated rings. The summed E-state index contributed by atoms with van der Waals surface area (Å²) in [5, 5.41) is 8.97. The molecule has 17 heavy (non-hydrogen) atoms. The Morgan fingerprint density at radius 1 is 1.53 bits per heavy atom. The summed E-state index contributed by atoms with van der Waals surface area (Å²) in [5.74, 6) is 0.0801. The lowest BCUT2D eigenvalue weighted by atomic mass is 10.1. The molecule has 0 bridgehead atoms. The molecule has 0 radical (unpaired) electrons. The fraction of sp³-hybridized carbons (Fsp3) is 0.333. The number of carbonyl (C=O) groups excluding carboxylic acids is 1. The van der Waals surface area contributed by atoms with E-state index in [0.717, 1.165) is 4.47 Å². The Balaban J connectivity index is 3.10. The van der Waals surface area contributed by atoms with E-state index in [1.165, 1.54) is 7.11 Å². The van der Waals surface area contributed by atoms with Crippen molar-refractivity contribution in [3.05, 3.63) is 27.7 Å². The standard InChI is InChI=1S/C12H12BrNO3/c1-3-17-11(15)6-8-4-10(13)5-9(7-14)12(8)16-2/h4-5H,3,6H2,1-2H3. The predicted molar refractivity (Wildman–Crippen MR) is 65.7 cm³/mol. The highest BCUT2D eigenvalue weighted by Crippen LogP contribution is 2.28. The van der Waals surface area contributed by atoms with Crippen LogP contribution >= 0.6 is 15.9 Å². The number of rotatable bonds is 4. The minimum absolute atomic E-state index is 0.0884. The zero-order chi connectivity index (χ0) is 12.8. The minimum Gasteiger partial charge on any atom is -0.495 e. The summed E-state index contributed by atoms with van der Waals surface area (Å²) < 4.78 is 10.7. The van der Waals surface area contributed by atoms with Gasteiger partial charge in [0.2, 0.25) is 0 Å². The van der Waals surface area contributed by atoms with Crippen LogP contribution in [0.4, 0.5) is 0 Å². The third kappa shape index (κ3) is 3.46. The van der Waals surface area contributed by atoms with Gasteiger partial charge in [-0.15, -0.1) is 0 Å². The Kier molecular flexibility index (Phi) is 4.98. The summed E-state index contributed by atoms with van der Waals surface area (Å²) in [6, 6.07) is 5.42. The number of hydrogen-bond acceptors (Lipinski definition) is 4. The van der Waals surface area contributed by atoms with E-state index in [1.54, 1.807) is 19.1 Å². The summed E-state index contributed by atoms with van der Waals surface area (Å²) in [5.41, 5.74) is 1.03. The van der Waals surface area contributed by atoms with Gasteiger partial charge < -0.3 is 9.47 Å². The van der Waals surface area contributed by atoms with E-state index in [9.17, 15) is 4.79 Å². The normalized spacial score (nSPS) is 9.53. The summed E-state index contributed by atoms with van der Waals surface area (Å²) in [6.07, 6.45) is 0.0884. The maximum absolute atomic E-state index is 11.4. The van der Waals surface area contributed by atoms with E-state index in [-0.39, 0.29) is 12.4 Å². The van der Waals surface area contributed by atoms with Gasteiger partial charge in [-0.05, 0) is 19.1 Å². The van der Waals surface area contributed by atoms with Crippen LogP contribution in [0.3, 0.4) is 0 Å². The summed E-state index contributed by atoms with van der Waals surface area (Å²) in [6.45, 7) is 2.08. The highest BCUT2D eigenvalue weighted by molar-refractivity contribution is 9.10. The molecule has 0 saturated heterocycles. The molecule has 0 aliphatic carbocycles. The molecule has 0 saturated carbocycles. The van der Waals surface area contributed by atoms with Crippen molar-refractivity contribution in [2.75, 3.05) is 13.7 Å². The smallest absolute Gasteiger partial charge is 0.310 e. The molecule has 0 aromatic heterocycles. The van der Waals surface area contributed by atoms with Crippen LogP contribution < -0.4 is 4.74 Å². The molecule has 0 amide bonds. The number of carbonyl (C=O) groups is 1. The van der Waals surface area contributed by atoms with Gasteiger partial charge in [-0.25, -0.2) is 0 Å². The molecule has 0 spiro atoms. The average Bonchev–Trinajstić information content (AvgIpc) is 2.28. The summed E-state index contributed by atoms with van der Waals surface area (Å²) in [4.78, 5) is 11.4. The van der Waals surface area contributed by atoms with Gasteiger partial charge in [0.05, 0.1) is 25.7 Å². The van der Waals surface area contributed by atoms with E-state index in [1.807, 2.05) is 6.07 Å². The molecule has 1 aromatic carbocycles. The van der Waals surface area contributed by atoms with Gasteiger partial charge in [-0.2, -0.15) is 5.26 Å². The second kappa shape index (κ2) is 6.26. The Bertz CT molecular complexity index is 466. The molecule has 4 nitrogen and oxygen atoms in total. The van der Waals surface area contributed by atoms with Crippen LogP contribution in [0.15, 0.2) is 16.6 Å². The third-order valence-electron chi connectivity index (χ3n) is 2.10. The second-order valence-electron chi connectivity index (χ2n) is 3.24. The van der Waals surface area contributed by atoms with Crippen LogP contribution in [0, 0.1) is 11.3 Å². The number of esters is 1. The molecule has 0 unspecified atom stereocenters. The molecular weight excluding hydrogens is 286 g/mol. The van der Waals surface area contributed by atoms with Crippen molar-refractivity contribution in [2.45, 2.75) is 13.3 Å². The van der Waals surface area contributed by atoms with Crippen molar-refractivity contribution >= 4 is 21.9 Å². The van der Waals surface area contributed by atoms with Gasteiger partial charge in [0, 0.05) is 10.0 Å². The van der Waals surface area contributed by atoms with Gasteiger partial charge in [0.1, 0.15) is 11.8 Å². The van der Waals surface area contributed by atoms with Crippen molar-refractivity contribution in [2.24, 2.45) is 0 Å². The lowest BCUT2D eigenvalue weighted by Gasteiger charge is -2.10. The number of nitriles is 1. The molecule has 0 N–H and O–H groups in total. The van der Waals surface area contributed by atoms with Crippen molar-refractivity contribution in [1.82, 2.24) is 0 Å². The Labute approximate surface area is 108 Å². The van der Waals surface area contributed by atoms with Gasteiger partial charge in [0.25, 0.3) is 0 Å². The maximum Gasteiger partial charge on any atom is 0.310 e. The number of methoxy groups -OCH3 is 1. The first kappa shape index (κ1) is 13.5. The van der Waals surface area contributed by atoms with Crippen LogP contribution in [0.5, 0.6) is 5.75 Å². The molecule has 0 heterocycles. The lowest BCUT2D eigenvalue weighted by molar-refractivity contribution is -0.142. The Morgan fingerprint density at radius 2 is 2.24 bits per heavy atom. The maximum atomic E-state index is 11.4. The quantitative estimate of drug-likeness (QED) is 0.801. The van der Waals surface area contributed by atoms with Crippen molar-refractivity contribution in [3.63, 3.8) is 0 Å². The summed E-state index contributed by atoms with van der Waals surface area (Å²) in [7, 11) is 1.47. The zero-order valence-corrected chi connectivity index (χ0v) is 11.2. The van der Waals surface area contributed by atoms with Crippen LogP contribution in [0.25, 0.3) is 0 Å². The molecule has 0 aliphatic rings. The van der Waals surface area contributed by atoms with Crippen molar-refractivity contribution in [1.29, 1.82) is 5.26 Å². The first-order valence-electron chi connectivity index (χ1n) is 5.04. The number of benzene rings is 1. The van der Waals surface area contributed by atoms with Gasteiger partial charge in [0.15, 0.2) is 0 Å². The van der Waals surface area contributed by atoms with Crippen molar-refractivity contribution < 1.29 is 14.3 Å². The lowest BCUT2D eigenvalue weighted by Crippen LogP contribution is -2.09. The number of ether oxygens (including phenoxy) is 2. The molecule has 90 valence electrons. The third-order valence-corrected chi connectivity index (χ3v) is 2.55. The fourth-order valence-electron chi connectivity index (χ4n) is 1.47. The largest absolute Gasteiger partial charge is 0.495 e. The van der Waals surface area contributed by atoms with Gasteiger partial charge >= 0.3 is 5.97 Å². The molecule has 0 aliphatic heterocycles. The number of nitrogens with zero attached hydrogens (tertiary/aromatic N) is 1. The van der Waals surface area contributed by atoms with Crippen LogP contribution in [-0.4, -0.2) is 19.7 Å². The Hall–Kier alpha value is -1.54. The molecule has 5 heteroatoms. The zero-order valence-electron chi connectivity index (χ0n) is 9.62.